The maximum Gasteiger partial charge on any atom is -0.0360 e. The van der Waals surface area contributed by atoms with Crippen LogP contribution in [0.3, 0.4) is 0 Å². The standard InChI is InChI=1S/C10H18/c1-7(2)10-6-8-3-4-9(10)5-8/h7-10H,3-6H2,1-2H3/t8-,9+,10+/m1/s1. The average Bonchev–Trinajstić information content (AvgIpc) is 2.44. The first-order chi connectivity index (χ1) is 4.77. The van der Waals surface area contributed by atoms with E-state index >= 15 is 0 Å². The minimum atomic E-state index is 0.954. The Morgan fingerprint density at radius 1 is 1.10 bits per heavy atom. The van der Waals surface area contributed by atoms with Crippen molar-refractivity contribution in [2.75, 3.05) is 0 Å². The van der Waals surface area contributed by atoms with E-state index < -0.39 is 0 Å². The van der Waals surface area contributed by atoms with Crippen LogP contribution in [0.1, 0.15) is 39.5 Å². The molecule has 0 spiro atoms. The van der Waals surface area contributed by atoms with Crippen LogP contribution in [0, 0.1) is 23.7 Å². The number of hydrogen-bond acceptors (Lipinski definition) is 0. The quantitative estimate of drug-likeness (QED) is 0.522. The lowest BCUT2D eigenvalue weighted by Gasteiger charge is -2.24. The maximum atomic E-state index is 2.39. The van der Waals surface area contributed by atoms with Crippen LogP contribution in [-0.2, 0) is 0 Å². The highest BCUT2D eigenvalue weighted by Gasteiger charge is 2.40. The molecule has 0 unspecified atom stereocenters. The van der Waals surface area contributed by atoms with Crippen LogP contribution in [0.5, 0.6) is 0 Å². The molecule has 0 radical (unpaired) electrons. The van der Waals surface area contributed by atoms with Gasteiger partial charge in [-0.25, -0.2) is 0 Å². The summed E-state index contributed by atoms with van der Waals surface area (Å²) in [7, 11) is 0. The molecule has 0 nitrogen and oxygen atoms in total. The van der Waals surface area contributed by atoms with Crippen molar-refractivity contribution in [3.8, 4) is 0 Å². The van der Waals surface area contributed by atoms with Gasteiger partial charge in [0.1, 0.15) is 0 Å². The van der Waals surface area contributed by atoms with Crippen molar-refractivity contribution in [2.45, 2.75) is 39.5 Å². The highest BCUT2D eigenvalue weighted by molar-refractivity contribution is 4.90. The van der Waals surface area contributed by atoms with Crippen molar-refractivity contribution >= 4 is 0 Å². The Bertz CT molecular complexity index is 126. The smallest absolute Gasteiger partial charge is 0.0360 e. The summed E-state index contributed by atoms with van der Waals surface area (Å²) in [6.45, 7) is 4.79. The van der Waals surface area contributed by atoms with Gasteiger partial charge in [-0.1, -0.05) is 20.3 Å². The predicted molar refractivity (Wildman–Crippen MR) is 43.8 cm³/mol. The lowest BCUT2D eigenvalue weighted by Crippen LogP contribution is -2.15. The van der Waals surface area contributed by atoms with E-state index in [1.165, 1.54) is 0 Å². The fraction of sp³-hybridized carbons (Fsp3) is 1.00. The Morgan fingerprint density at radius 3 is 2.20 bits per heavy atom. The van der Waals surface area contributed by atoms with Gasteiger partial charge in [-0.15, -0.1) is 0 Å². The summed E-state index contributed by atoms with van der Waals surface area (Å²) < 4.78 is 0. The van der Waals surface area contributed by atoms with Gasteiger partial charge in [0.15, 0.2) is 0 Å². The molecule has 10 heavy (non-hydrogen) atoms. The lowest BCUT2D eigenvalue weighted by atomic mass is 9.81. The van der Waals surface area contributed by atoms with Gasteiger partial charge < -0.3 is 0 Å². The maximum absolute atomic E-state index is 2.39. The molecule has 0 aromatic rings. The molecule has 0 aliphatic heterocycles. The average molecular weight is 138 g/mol. The zero-order chi connectivity index (χ0) is 7.14. The highest BCUT2D eigenvalue weighted by Crippen LogP contribution is 2.50. The molecule has 0 amide bonds. The SMILES string of the molecule is CC(C)[C@@H]1C[C@@H]2CC[C@H]1C2. The van der Waals surface area contributed by atoms with Crippen molar-refractivity contribution < 1.29 is 0 Å². The molecule has 0 heterocycles. The van der Waals surface area contributed by atoms with Crippen LogP contribution >= 0.6 is 0 Å². The van der Waals surface area contributed by atoms with E-state index in [1.54, 1.807) is 25.7 Å². The molecule has 2 bridgehead atoms. The molecular formula is C10H18. The molecule has 2 rings (SSSR count). The lowest BCUT2D eigenvalue weighted by molar-refractivity contribution is 0.256. The third-order valence-electron chi connectivity index (χ3n) is 3.65. The van der Waals surface area contributed by atoms with Crippen LogP contribution in [0.2, 0.25) is 0 Å². The van der Waals surface area contributed by atoms with Gasteiger partial charge in [-0.2, -0.15) is 0 Å². The van der Waals surface area contributed by atoms with Gasteiger partial charge in [-0.3, -0.25) is 0 Å². The van der Waals surface area contributed by atoms with Crippen LogP contribution < -0.4 is 0 Å². The predicted octanol–water partition coefficient (Wildman–Crippen LogP) is 3.08. The van der Waals surface area contributed by atoms with Crippen LogP contribution in [0.25, 0.3) is 0 Å². The van der Waals surface area contributed by atoms with Gasteiger partial charge >= 0.3 is 0 Å². The van der Waals surface area contributed by atoms with Crippen molar-refractivity contribution in [2.24, 2.45) is 23.7 Å². The Hall–Kier alpha value is 0. The third-order valence-corrected chi connectivity index (χ3v) is 3.65. The summed E-state index contributed by atoms with van der Waals surface area (Å²) in [5, 5.41) is 0. The molecule has 58 valence electrons. The van der Waals surface area contributed by atoms with Crippen LogP contribution in [0.4, 0.5) is 0 Å². The molecule has 0 aromatic heterocycles. The Kier molecular flexibility index (Phi) is 1.51. The number of fused-ring (bicyclic) bond motifs is 2. The Balaban J connectivity index is 2.02. The molecule has 0 N–H and O–H groups in total. The fourth-order valence-electron chi connectivity index (χ4n) is 3.11. The van der Waals surface area contributed by atoms with Gasteiger partial charge in [0.05, 0.1) is 0 Å². The summed E-state index contributed by atoms with van der Waals surface area (Å²) in [6, 6.07) is 0. The largest absolute Gasteiger partial charge is 0.0625 e. The van der Waals surface area contributed by atoms with Crippen molar-refractivity contribution in [3.05, 3.63) is 0 Å². The van der Waals surface area contributed by atoms with E-state index in [0.717, 1.165) is 23.7 Å². The topological polar surface area (TPSA) is 0 Å². The zero-order valence-corrected chi connectivity index (χ0v) is 7.14. The van der Waals surface area contributed by atoms with Crippen molar-refractivity contribution in [1.82, 2.24) is 0 Å². The van der Waals surface area contributed by atoms with E-state index in [9.17, 15) is 0 Å². The first kappa shape index (κ1) is 6.69. The second-order valence-electron chi connectivity index (χ2n) is 4.58. The van der Waals surface area contributed by atoms with Crippen LogP contribution in [0.15, 0.2) is 0 Å². The molecule has 2 fully saturated rings. The summed E-state index contributed by atoms with van der Waals surface area (Å²) in [6.07, 6.45) is 6.23. The van der Waals surface area contributed by atoms with E-state index in [4.69, 9.17) is 0 Å². The minimum absolute atomic E-state index is 0.954. The third kappa shape index (κ3) is 0.889. The summed E-state index contributed by atoms with van der Waals surface area (Å²) in [4.78, 5) is 0. The molecule has 0 saturated heterocycles. The number of hydrogen-bond donors (Lipinski definition) is 0. The molecule has 3 atom stereocenters. The first-order valence-corrected chi connectivity index (χ1v) is 4.77. The van der Waals surface area contributed by atoms with Gasteiger partial charge in [-0.05, 0) is 42.9 Å². The number of rotatable bonds is 1. The summed E-state index contributed by atoms with van der Waals surface area (Å²) in [5.74, 6) is 4.32. The van der Waals surface area contributed by atoms with E-state index in [2.05, 4.69) is 13.8 Å². The summed E-state index contributed by atoms with van der Waals surface area (Å²) >= 11 is 0. The first-order valence-electron chi connectivity index (χ1n) is 4.77. The molecule has 2 aliphatic carbocycles. The molecule has 2 saturated carbocycles. The van der Waals surface area contributed by atoms with Gasteiger partial charge in [0, 0.05) is 0 Å². The van der Waals surface area contributed by atoms with E-state index in [-0.39, 0.29) is 0 Å². The zero-order valence-electron chi connectivity index (χ0n) is 7.14. The second kappa shape index (κ2) is 2.25. The normalized spacial score (nSPS) is 45.3. The van der Waals surface area contributed by atoms with E-state index in [0.29, 0.717) is 0 Å². The Labute approximate surface area is 64.0 Å². The summed E-state index contributed by atoms with van der Waals surface area (Å²) in [5.41, 5.74) is 0. The fourth-order valence-corrected chi connectivity index (χ4v) is 3.11. The van der Waals surface area contributed by atoms with Crippen molar-refractivity contribution in [3.63, 3.8) is 0 Å². The Morgan fingerprint density at radius 2 is 1.90 bits per heavy atom. The minimum Gasteiger partial charge on any atom is -0.0625 e. The van der Waals surface area contributed by atoms with Crippen molar-refractivity contribution in [1.29, 1.82) is 0 Å². The molecule has 2 aliphatic rings. The monoisotopic (exact) mass is 138 g/mol. The van der Waals surface area contributed by atoms with Gasteiger partial charge in [0.2, 0.25) is 0 Å². The van der Waals surface area contributed by atoms with Crippen LogP contribution in [-0.4, -0.2) is 0 Å². The molecule has 0 aromatic carbocycles. The molecular weight excluding hydrogens is 120 g/mol. The van der Waals surface area contributed by atoms with Gasteiger partial charge in [0.25, 0.3) is 0 Å². The second-order valence-corrected chi connectivity index (χ2v) is 4.58. The van der Waals surface area contributed by atoms with E-state index in [1.807, 2.05) is 0 Å². The highest BCUT2D eigenvalue weighted by atomic mass is 14.5. The molecule has 0 heteroatoms.